The van der Waals surface area contributed by atoms with Gasteiger partial charge in [0.1, 0.15) is 11.4 Å². The molecule has 2 aliphatic rings. The summed E-state index contributed by atoms with van der Waals surface area (Å²) < 4.78 is 16.8. The standard InChI is InChI=1S/C19H21FN2O4.K.H/c1-10-2-3-12-16-13(18(24)14(19(25)26)9-22(10)16)8-15(20)17(12)21-6-4-11(23)5-7-21;;/h8-11,23H,2-7H2,1H3,(H,25,26);;/t10-;;/m0../s1. The number of hydrogen-bond acceptors (Lipinski definition) is 4. The first kappa shape index (κ1) is 20.9. The number of pyridine rings is 1. The summed E-state index contributed by atoms with van der Waals surface area (Å²) in [5.41, 5.74) is 0.932. The van der Waals surface area contributed by atoms with E-state index in [1.54, 1.807) is 4.57 Å². The van der Waals surface area contributed by atoms with E-state index in [0.29, 0.717) is 43.6 Å². The Labute approximate surface area is 198 Å². The molecular weight excluding hydrogens is 378 g/mol. The van der Waals surface area contributed by atoms with Crippen molar-refractivity contribution in [3.63, 3.8) is 0 Å². The maximum absolute atomic E-state index is 15.0. The summed E-state index contributed by atoms with van der Waals surface area (Å²) in [5, 5.41) is 19.2. The van der Waals surface area contributed by atoms with Crippen molar-refractivity contribution >= 4 is 73.9 Å². The minimum absolute atomic E-state index is 0. The van der Waals surface area contributed by atoms with E-state index >= 15 is 4.39 Å². The molecule has 0 unspecified atom stereocenters. The number of benzene rings is 1. The first-order valence-electron chi connectivity index (χ1n) is 8.95. The molecule has 2 N–H and O–H groups in total. The molecule has 0 amide bonds. The zero-order valence-corrected chi connectivity index (χ0v) is 14.5. The van der Waals surface area contributed by atoms with E-state index in [2.05, 4.69) is 0 Å². The summed E-state index contributed by atoms with van der Waals surface area (Å²) in [5.74, 6) is -1.79. The van der Waals surface area contributed by atoms with Crippen LogP contribution in [0.4, 0.5) is 10.1 Å². The molecule has 6 nitrogen and oxygen atoms in total. The second-order valence-corrected chi connectivity index (χ2v) is 7.27. The summed E-state index contributed by atoms with van der Waals surface area (Å²) >= 11 is 0. The Morgan fingerprint density at radius 3 is 2.56 bits per heavy atom. The number of aromatic nitrogens is 1. The van der Waals surface area contributed by atoms with Crippen molar-refractivity contribution in [2.75, 3.05) is 18.0 Å². The summed E-state index contributed by atoms with van der Waals surface area (Å²) in [7, 11) is 0. The van der Waals surface area contributed by atoms with Crippen LogP contribution in [0.2, 0.25) is 0 Å². The Balaban J connectivity index is 0.00000210. The molecule has 27 heavy (non-hydrogen) atoms. The fourth-order valence-electron chi connectivity index (χ4n) is 4.22. The third-order valence-electron chi connectivity index (χ3n) is 5.64. The van der Waals surface area contributed by atoms with Gasteiger partial charge >= 0.3 is 57.4 Å². The van der Waals surface area contributed by atoms with Crippen molar-refractivity contribution in [1.82, 2.24) is 4.57 Å². The Bertz CT molecular complexity index is 967. The van der Waals surface area contributed by atoms with Gasteiger partial charge in [-0.1, -0.05) is 0 Å². The van der Waals surface area contributed by atoms with E-state index in [9.17, 15) is 19.8 Å². The van der Waals surface area contributed by atoms with Gasteiger partial charge in [-0.05, 0) is 38.7 Å². The zero-order valence-electron chi connectivity index (χ0n) is 14.5. The van der Waals surface area contributed by atoms with Crippen LogP contribution < -0.4 is 10.3 Å². The average molecular weight is 400 g/mol. The van der Waals surface area contributed by atoms with Gasteiger partial charge in [0.05, 0.1) is 17.3 Å². The van der Waals surface area contributed by atoms with E-state index in [-0.39, 0.29) is 74.5 Å². The molecule has 0 aliphatic carbocycles. The van der Waals surface area contributed by atoms with Crippen molar-refractivity contribution in [1.29, 1.82) is 0 Å². The molecule has 0 spiro atoms. The number of carboxylic acid groups (broad SMARTS) is 1. The van der Waals surface area contributed by atoms with Crippen LogP contribution in [-0.2, 0) is 6.42 Å². The predicted octanol–water partition coefficient (Wildman–Crippen LogP) is 1.66. The fourth-order valence-corrected chi connectivity index (χ4v) is 4.22. The molecule has 1 aromatic carbocycles. The topological polar surface area (TPSA) is 82.8 Å². The van der Waals surface area contributed by atoms with Crippen LogP contribution in [-0.4, -0.2) is 91.3 Å². The number of anilines is 1. The van der Waals surface area contributed by atoms with Gasteiger partial charge in [-0.3, -0.25) is 4.79 Å². The quantitative estimate of drug-likeness (QED) is 0.750. The molecular formula is C19H22FKN2O4. The molecule has 0 radical (unpaired) electrons. The number of aryl methyl sites for hydroxylation is 1. The number of halogens is 1. The molecule has 1 aromatic heterocycles. The molecule has 3 heterocycles. The average Bonchev–Trinajstić information content (AvgIpc) is 2.60. The normalized spacial score (nSPS) is 19.8. The number of aromatic carboxylic acids is 1. The maximum atomic E-state index is 15.0. The molecule has 0 saturated carbocycles. The van der Waals surface area contributed by atoms with E-state index < -0.39 is 17.2 Å². The third-order valence-corrected chi connectivity index (χ3v) is 5.64. The van der Waals surface area contributed by atoms with Crippen LogP contribution in [0.3, 0.4) is 0 Å². The summed E-state index contributed by atoms with van der Waals surface area (Å²) in [6.45, 7) is 3.09. The van der Waals surface area contributed by atoms with Gasteiger partial charge in [0.25, 0.3) is 0 Å². The van der Waals surface area contributed by atoms with E-state index in [1.165, 1.54) is 12.3 Å². The van der Waals surface area contributed by atoms with Crippen LogP contribution in [0.1, 0.15) is 48.1 Å². The van der Waals surface area contributed by atoms with Gasteiger partial charge in [-0.25, -0.2) is 9.18 Å². The predicted molar refractivity (Wildman–Crippen MR) is 103 cm³/mol. The van der Waals surface area contributed by atoms with Gasteiger partial charge in [0.2, 0.25) is 5.43 Å². The van der Waals surface area contributed by atoms with Gasteiger partial charge in [0, 0.05) is 36.3 Å². The number of rotatable bonds is 2. The second-order valence-electron chi connectivity index (χ2n) is 7.27. The molecule has 2 aliphatic heterocycles. The molecule has 1 fully saturated rings. The number of aliphatic hydroxyl groups excluding tert-OH is 1. The second kappa shape index (κ2) is 7.92. The van der Waals surface area contributed by atoms with E-state index in [1.807, 2.05) is 11.8 Å². The number of carboxylic acids is 1. The van der Waals surface area contributed by atoms with Gasteiger partial charge in [-0.15, -0.1) is 0 Å². The summed E-state index contributed by atoms with van der Waals surface area (Å²) in [4.78, 5) is 26.0. The minimum atomic E-state index is -1.30. The molecule has 2 aromatic rings. The SMILES string of the molecule is C[C@H]1CCc2c(N3CCC(O)CC3)c(F)cc3c(=O)c(C(=O)O)cn1c23.[KH]. The first-order chi connectivity index (χ1) is 12.4. The molecule has 1 atom stereocenters. The zero-order chi connectivity index (χ0) is 18.6. The van der Waals surface area contributed by atoms with Crippen molar-refractivity contribution < 1.29 is 19.4 Å². The van der Waals surface area contributed by atoms with Crippen LogP contribution in [0.5, 0.6) is 0 Å². The van der Waals surface area contributed by atoms with Crippen molar-refractivity contribution in [3.8, 4) is 0 Å². The summed E-state index contributed by atoms with van der Waals surface area (Å²) in [6, 6.07) is 1.22. The van der Waals surface area contributed by atoms with Crippen LogP contribution in [0.15, 0.2) is 17.1 Å². The van der Waals surface area contributed by atoms with Crippen molar-refractivity contribution in [2.45, 2.75) is 44.8 Å². The molecule has 140 valence electrons. The van der Waals surface area contributed by atoms with Crippen LogP contribution in [0.25, 0.3) is 10.9 Å². The number of aliphatic hydroxyl groups is 1. The van der Waals surface area contributed by atoms with Crippen molar-refractivity contribution in [3.05, 3.63) is 39.4 Å². The third kappa shape index (κ3) is 3.51. The number of nitrogens with zero attached hydrogens (tertiary/aromatic N) is 2. The Morgan fingerprint density at radius 2 is 1.93 bits per heavy atom. The number of carbonyl (C=O) groups is 1. The Kier molecular flexibility index (Phi) is 6.15. The number of piperidine rings is 1. The summed E-state index contributed by atoms with van der Waals surface area (Å²) in [6.07, 6.45) is 3.58. The molecule has 1 saturated heterocycles. The van der Waals surface area contributed by atoms with E-state index in [4.69, 9.17) is 0 Å². The Morgan fingerprint density at radius 1 is 1.26 bits per heavy atom. The number of hydrogen-bond donors (Lipinski definition) is 2. The molecule has 4 rings (SSSR count). The van der Waals surface area contributed by atoms with Crippen LogP contribution >= 0.6 is 0 Å². The van der Waals surface area contributed by atoms with E-state index in [0.717, 1.165) is 12.0 Å². The van der Waals surface area contributed by atoms with Gasteiger partial charge in [0.15, 0.2) is 0 Å². The fraction of sp³-hybridized carbons (Fsp3) is 0.474. The molecule has 8 heteroatoms. The molecule has 0 bridgehead atoms. The van der Waals surface area contributed by atoms with Gasteiger partial charge < -0.3 is 19.7 Å². The van der Waals surface area contributed by atoms with Crippen LogP contribution in [0, 0.1) is 5.82 Å². The van der Waals surface area contributed by atoms with Crippen molar-refractivity contribution in [2.24, 2.45) is 0 Å². The Hall–Kier alpha value is -0.774. The van der Waals surface area contributed by atoms with Gasteiger partial charge in [-0.2, -0.15) is 0 Å². The monoisotopic (exact) mass is 400 g/mol. The first-order valence-corrected chi connectivity index (χ1v) is 8.95.